The summed E-state index contributed by atoms with van der Waals surface area (Å²) >= 11 is 0. The van der Waals surface area contributed by atoms with Crippen molar-refractivity contribution in [2.24, 2.45) is 0 Å². The van der Waals surface area contributed by atoms with Crippen molar-refractivity contribution < 1.29 is 17.9 Å². The number of methoxy groups -OCH3 is 1. The molecule has 0 aliphatic heterocycles. The SMILES string of the molecule is CCOc1ccc2c(c1)c(=O)c(S(=O)(=O)c1ccc(C)cc1)cn2Cc1ccc(OC)cc1. The molecule has 6 nitrogen and oxygen atoms in total. The molecule has 1 heterocycles. The van der Waals surface area contributed by atoms with Crippen molar-refractivity contribution >= 4 is 20.7 Å². The molecule has 170 valence electrons. The predicted octanol–water partition coefficient (Wildman–Crippen LogP) is 4.60. The van der Waals surface area contributed by atoms with Crippen molar-refractivity contribution in [3.05, 3.63) is 94.3 Å². The minimum Gasteiger partial charge on any atom is -0.497 e. The van der Waals surface area contributed by atoms with Crippen LogP contribution in [0.1, 0.15) is 18.1 Å². The topological polar surface area (TPSA) is 74.6 Å². The van der Waals surface area contributed by atoms with Crippen LogP contribution in [0, 0.1) is 6.92 Å². The van der Waals surface area contributed by atoms with Gasteiger partial charge >= 0.3 is 0 Å². The lowest BCUT2D eigenvalue weighted by atomic mass is 10.1. The van der Waals surface area contributed by atoms with Crippen LogP contribution in [0.2, 0.25) is 0 Å². The van der Waals surface area contributed by atoms with E-state index in [1.54, 1.807) is 42.0 Å². The second-order valence-corrected chi connectivity index (χ2v) is 9.65. The molecule has 0 atom stereocenters. The number of rotatable bonds is 7. The van der Waals surface area contributed by atoms with Gasteiger partial charge < -0.3 is 14.0 Å². The molecule has 4 rings (SSSR count). The Balaban J connectivity index is 1.93. The number of fused-ring (bicyclic) bond motifs is 1. The molecule has 0 saturated heterocycles. The largest absolute Gasteiger partial charge is 0.497 e. The Morgan fingerprint density at radius 2 is 1.58 bits per heavy atom. The van der Waals surface area contributed by atoms with Crippen LogP contribution in [0.3, 0.4) is 0 Å². The van der Waals surface area contributed by atoms with Gasteiger partial charge in [-0.15, -0.1) is 0 Å². The van der Waals surface area contributed by atoms with Crippen molar-refractivity contribution in [3.63, 3.8) is 0 Å². The van der Waals surface area contributed by atoms with Crippen LogP contribution in [0.5, 0.6) is 11.5 Å². The Labute approximate surface area is 192 Å². The van der Waals surface area contributed by atoms with Crippen LogP contribution < -0.4 is 14.9 Å². The number of nitrogens with zero attached hydrogens (tertiary/aromatic N) is 1. The molecule has 0 radical (unpaired) electrons. The predicted molar refractivity (Wildman–Crippen MR) is 128 cm³/mol. The second-order valence-electron chi connectivity index (χ2n) is 7.73. The van der Waals surface area contributed by atoms with Crippen LogP contribution in [0.4, 0.5) is 0 Å². The Kier molecular flexibility index (Phi) is 6.24. The number of sulfone groups is 1. The first kappa shape index (κ1) is 22.6. The molecule has 0 aliphatic carbocycles. The van der Waals surface area contributed by atoms with Crippen LogP contribution in [-0.2, 0) is 16.4 Å². The quantitative estimate of drug-likeness (QED) is 0.401. The average Bonchev–Trinajstić information content (AvgIpc) is 2.82. The van der Waals surface area contributed by atoms with E-state index < -0.39 is 15.3 Å². The highest BCUT2D eigenvalue weighted by atomic mass is 32.2. The highest BCUT2D eigenvalue weighted by Gasteiger charge is 2.24. The third kappa shape index (κ3) is 4.50. The maximum Gasteiger partial charge on any atom is 0.211 e. The summed E-state index contributed by atoms with van der Waals surface area (Å²) in [4.78, 5) is 13.2. The molecule has 1 aromatic heterocycles. The zero-order valence-electron chi connectivity index (χ0n) is 18.7. The summed E-state index contributed by atoms with van der Waals surface area (Å²) in [5, 5.41) is 0.294. The van der Waals surface area contributed by atoms with Crippen molar-refractivity contribution in [2.45, 2.75) is 30.2 Å². The van der Waals surface area contributed by atoms with E-state index in [2.05, 4.69) is 0 Å². The number of benzene rings is 3. The van der Waals surface area contributed by atoms with E-state index in [-0.39, 0.29) is 9.79 Å². The molecule has 0 fully saturated rings. The number of pyridine rings is 1. The summed E-state index contributed by atoms with van der Waals surface area (Å²) in [6.45, 7) is 4.55. The molecule has 0 spiro atoms. The molecular weight excluding hydrogens is 438 g/mol. The van der Waals surface area contributed by atoms with Crippen molar-refractivity contribution in [2.75, 3.05) is 13.7 Å². The van der Waals surface area contributed by atoms with Gasteiger partial charge in [0.25, 0.3) is 0 Å². The fraction of sp³-hybridized carbons (Fsp3) is 0.192. The van der Waals surface area contributed by atoms with Crippen LogP contribution in [0.25, 0.3) is 10.9 Å². The maximum absolute atomic E-state index is 13.4. The molecule has 0 N–H and O–H groups in total. The third-order valence-electron chi connectivity index (χ3n) is 5.46. The standard InChI is InChI=1S/C26H25NO5S/c1-4-32-21-11-14-24-23(15-21)26(28)25(33(29,30)22-12-5-18(2)6-13-22)17-27(24)16-19-7-9-20(31-3)10-8-19/h5-15,17H,4,16H2,1-3H3. The molecule has 4 aromatic rings. The molecule has 0 bridgehead atoms. The second kappa shape index (κ2) is 9.11. The van der Waals surface area contributed by atoms with Gasteiger partial charge in [0.15, 0.2) is 0 Å². The van der Waals surface area contributed by atoms with E-state index >= 15 is 0 Å². The monoisotopic (exact) mass is 463 g/mol. The normalized spacial score (nSPS) is 11.5. The van der Waals surface area contributed by atoms with Crippen molar-refractivity contribution in [1.82, 2.24) is 4.57 Å². The van der Waals surface area contributed by atoms with Gasteiger partial charge in [-0.1, -0.05) is 29.8 Å². The van der Waals surface area contributed by atoms with Crippen LogP contribution >= 0.6 is 0 Å². The van der Waals surface area contributed by atoms with Gasteiger partial charge in [-0.25, -0.2) is 8.42 Å². The summed E-state index contributed by atoms with van der Waals surface area (Å²) < 4.78 is 39.5. The summed E-state index contributed by atoms with van der Waals surface area (Å²) in [5.41, 5.74) is 1.96. The average molecular weight is 464 g/mol. The Morgan fingerprint density at radius 1 is 0.909 bits per heavy atom. The Bertz CT molecular complexity index is 1450. The lowest BCUT2D eigenvalue weighted by Crippen LogP contribution is -2.19. The molecule has 33 heavy (non-hydrogen) atoms. The molecule has 0 amide bonds. The molecule has 0 aliphatic rings. The zero-order valence-corrected chi connectivity index (χ0v) is 19.6. The summed E-state index contributed by atoms with van der Waals surface area (Å²) in [5.74, 6) is 1.25. The number of aryl methyl sites for hydroxylation is 1. The molecule has 3 aromatic carbocycles. The van der Waals surface area contributed by atoms with E-state index in [9.17, 15) is 13.2 Å². The highest BCUT2D eigenvalue weighted by molar-refractivity contribution is 7.91. The molecule has 7 heteroatoms. The lowest BCUT2D eigenvalue weighted by Gasteiger charge is -2.15. The van der Waals surface area contributed by atoms with Gasteiger partial charge in [-0.3, -0.25) is 4.79 Å². The van der Waals surface area contributed by atoms with E-state index in [4.69, 9.17) is 9.47 Å². The van der Waals surface area contributed by atoms with E-state index in [1.807, 2.05) is 38.1 Å². The van der Waals surface area contributed by atoms with E-state index in [1.165, 1.54) is 18.3 Å². The summed E-state index contributed by atoms with van der Waals surface area (Å²) in [6, 6.07) is 19.2. The first-order valence-corrected chi connectivity index (χ1v) is 12.1. The minimum atomic E-state index is -4.02. The maximum atomic E-state index is 13.4. The van der Waals surface area contributed by atoms with E-state index in [0.29, 0.717) is 29.8 Å². The van der Waals surface area contributed by atoms with Crippen molar-refractivity contribution in [3.8, 4) is 11.5 Å². The number of hydrogen-bond donors (Lipinski definition) is 0. The Hall–Kier alpha value is -3.58. The van der Waals surface area contributed by atoms with Gasteiger partial charge in [-0.2, -0.15) is 0 Å². The van der Waals surface area contributed by atoms with Crippen LogP contribution in [0.15, 0.2) is 87.5 Å². The lowest BCUT2D eigenvalue weighted by molar-refractivity contribution is 0.340. The van der Waals surface area contributed by atoms with Gasteiger partial charge in [0.2, 0.25) is 15.3 Å². The fourth-order valence-electron chi connectivity index (χ4n) is 3.70. The number of aromatic nitrogens is 1. The van der Waals surface area contributed by atoms with E-state index in [0.717, 1.165) is 16.9 Å². The number of hydrogen-bond acceptors (Lipinski definition) is 5. The van der Waals surface area contributed by atoms with Crippen molar-refractivity contribution in [1.29, 1.82) is 0 Å². The van der Waals surface area contributed by atoms with Crippen LogP contribution in [-0.4, -0.2) is 26.7 Å². The number of ether oxygens (including phenoxy) is 2. The zero-order chi connectivity index (χ0) is 23.6. The smallest absolute Gasteiger partial charge is 0.211 e. The summed E-state index contributed by atoms with van der Waals surface area (Å²) in [6.07, 6.45) is 1.43. The third-order valence-corrected chi connectivity index (χ3v) is 7.23. The molecular formula is C26H25NO5S. The first-order chi connectivity index (χ1) is 15.8. The van der Waals surface area contributed by atoms with Gasteiger partial charge in [0, 0.05) is 12.7 Å². The molecule has 0 unspecified atom stereocenters. The fourth-order valence-corrected chi connectivity index (χ4v) is 5.07. The molecule has 0 saturated carbocycles. The highest BCUT2D eigenvalue weighted by Crippen LogP contribution is 2.25. The Morgan fingerprint density at radius 3 is 2.21 bits per heavy atom. The van der Waals surface area contributed by atoms with Gasteiger partial charge in [0.05, 0.1) is 29.5 Å². The minimum absolute atomic E-state index is 0.0847. The summed E-state index contributed by atoms with van der Waals surface area (Å²) in [7, 11) is -2.42. The van der Waals surface area contributed by atoms with Gasteiger partial charge in [-0.05, 0) is 61.9 Å². The first-order valence-electron chi connectivity index (χ1n) is 10.6. The van der Waals surface area contributed by atoms with Gasteiger partial charge in [0.1, 0.15) is 16.4 Å².